The lowest BCUT2D eigenvalue weighted by Crippen LogP contribution is -2.49. The van der Waals surface area contributed by atoms with Crippen molar-refractivity contribution in [3.8, 4) is 0 Å². The summed E-state index contributed by atoms with van der Waals surface area (Å²) in [4.78, 5) is 45.5. The number of halogens is 2. The number of anilines is 1. The molecule has 1 saturated heterocycles. The van der Waals surface area contributed by atoms with Crippen LogP contribution in [-0.4, -0.2) is 22.6 Å². The van der Waals surface area contributed by atoms with E-state index in [2.05, 4.69) is 31.9 Å². The molecule has 0 bridgehead atoms. The first kappa shape index (κ1) is 26.7. The van der Waals surface area contributed by atoms with Gasteiger partial charge in [-0.1, -0.05) is 111 Å². The van der Waals surface area contributed by atoms with E-state index in [1.165, 1.54) is 4.90 Å². The maximum atomic E-state index is 14.8. The Balaban J connectivity index is 1.48. The molecule has 0 unspecified atom stereocenters. The Hall–Kier alpha value is -3.55. The monoisotopic (exact) mass is 656 g/mol. The SMILES string of the molecule is O=C1C[C@H]([C@]2(Cc3cccc(Br)c3)C(=O)N(Cc3ccccc3)c3cc(Br)ccc32)C(=O)N1Cc1ccccc1. The summed E-state index contributed by atoms with van der Waals surface area (Å²) in [6, 6.07) is 32.9. The van der Waals surface area contributed by atoms with Gasteiger partial charge in [-0.3, -0.25) is 19.3 Å². The van der Waals surface area contributed by atoms with Gasteiger partial charge in [0, 0.05) is 21.1 Å². The van der Waals surface area contributed by atoms with E-state index < -0.39 is 11.3 Å². The van der Waals surface area contributed by atoms with Gasteiger partial charge in [0.2, 0.25) is 17.7 Å². The Morgan fingerprint density at radius 3 is 1.93 bits per heavy atom. The fraction of sp³-hybridized carbons (Fsp3) is 0.182. The third-order valence-corrected chi connectivity index (χ3v) is 8.92. The Morgan fingerprint density at radius 2 is 1.27 bits per heavy atom. The zero-order valence-electron chi connectivity index (χ0n) is 21.6. The molecule has 0 radical (unpaired) electrons. The molecule has 4 aromatic rings. The number of imide groups is 1. The third kappa shape index (κ3) is 4.71. The molecule has 0 saturated carbocycles. The Kier molecular flexibility index (Phi) is 7.19. The molecule has 4 aromatic carbocycles. The highest BCUT2D eigenvalue weighted by Gasteiger charge is 2.61. The van der Waals surface area contributed by atoms with Crippen molar-refractivity contribution in [3.05, 3.63) is 134 Å². The van der Waals surface area contributed by atoms with Crippen molar-refractivity contribution in [2.24, 2.45) is 5.92 Å². The van der Waals surface area contributed by atoms with Gasteiger partial charge in [-0.25, -0.2) is 0 Å². The number of amides is 3. The highest BCUT2D eigenvalue weighted by Crippen LogP contribution is 2.52. The van der Waals surface area contributed by atoms with Crippen LogP contribution in [0.15, 0.2) is 112 Å². The van der Waals surface area contributed by atoms with Crippen molar-refractivity contribution < 1.29 is 14.4 Å². The smallest absolute Gasteiger partial charge is 0.239 e. The van der Waals surface area contributed by atoms with Crippen LogP contribution in [0.1, 0.15) is 28.7 Å². The average molecular weight is 658 g/mol. The van der Waals surface area contributed by atoms with Gasteiger partial charge in [0.1, 0.15) is 0 Å². The molecule has 3 amide bonds. The fourth-order valence-corrected chi connectivity index (χ4v) is 6.89. The van der Waals surface area contributed by atoms with Crippen LogP contribution in [0.3, 0.4) is 0 Å². The quantitative estimate of drug-likeness (QED) is 0.205. The van der Waals surface area contributed by atoms with Crippen LogP contribution >= 0.6 is 31.9 Å². The Morgan fingerprint density at radius 1 is 0.675 bits per heavy atom. The minimum Gasteiger partial charge on any atom is -0.307 e. The molecule has 200 valence electrons. The molecule has 6 rings (SSSR count). The standard InChI is InChI=1S/C33H26Br2N2O3/c34-25-13-7-12-24(16-25)19-33(28-18-30(38)37(31(28)39)21-23-10-5-2-6-11-23)27-15-14-26(35)17-29(27)36(32(33)40)20-22-8-3-1-4-9-22/h1-17,28H,18-21H2/t28-,33+/m0/s1. The van der Waals surface area contributed by atoms with E-state index in [0.29, 0.717) is 13.0 Å². The minimum absolute atomic E-state index is 0.0138. The van der Waals surface area contributed by atoms with Crippen LogP contribution in [0, 0.1) is 5.92 Å². The average Bonchev–Trinajstić information content (AvgIpc) is 3.35. The minimum atomic E-state index is -1.23. The zero-order chi connectivity index (χ0) is 27.9. The molecule has 40 heavy (non-hydrogen) atoms. The van der Waals surface area contributed by atoms with Gasteiger partial charge in [0.15, 0.2) is 0 Å². The number of hydrogen-bond acceptors (Lipinski definition) is 3. The number of rotatable bonds is 7. The van der Waals surface area contributed by atoms with Crippen molar-refractivity contribution in [2.45, 2.75) is 31.3 Å². The van der Waals surface area contributed by atoms with E-state index in [0.717, 1.165) is 36.9 Å². The summed E-state index contributed by atoms with van der Waals surface area (Å²) in [6.07, 6.45) is 0.286. The summed E-state index contributed by atoms with van der Waals surface area (Å²) in [5.41, 5.74) is 3.09. The van der Waals surface area contributed by atoms with Crippen molar-refractivity contribution in [2.75, 3.05) is 4.90 Å². The number of fused-ring (bicyclic) bond motifs is 1. The molecule has 1 fully saturated rings. The van der Waals surface area contributed by atoms with E-state index in [4.69, 9.17) is 0 Å². The van der Waals surface area contributed by atoms with Gasteiger partial charge in [0.25, 0.3) is 0 Å². The number of carbonyl (C=O) groups excluding carboxylic acids is 3. The van der Waals surface area contributed by atoms with Crippen molar-refractivity contribution in [1.82, 2.24) is 4.90 Å². The van der Waals surface area contributed by atoms with Gasteiger partial charge < -0.3 is 4.90 Å². The van der Waals surface area contributed by atoms with E-state index in [1.54, 1.807) is 4.90 Å². The molecule has 2 aliphatic rings. The highest BCUT2D eigenvalue weighted by atomic mass is 79.9. The largest absolute Gasteiger partial charge is 0.307 e. The second kappa shape index (κ2) is 10.8. The number of hydrogen-bond donors (Lipinski definition) is 0. The molecule has 0 aromatic heterocycles. The van der Waals surface area contributed by atoms with Gasteiger partial charge in [-0.05, 0) is 52.9 Å². The van der Waals surface area contributed by atoms with Gasteiger partial charge in [-0.2, -0.15) is 0 Å². The van der Waals surface area contributed by atoms with E-state index >= 15 is 0 Å². The number of nitrogens with zero attached hydrogens (tertiary/aromatic N) is 2. The molecule has 5 nitrogen and oxygen atoms in total. The molecule has 0 aliphatic carbocycles. The van der Waals surface area contributed by atoms with Crippen molar-refractivity contribution in [3.63, 3.8) is 0 Å². The van der Waals surface area contributed by atoms with Crippen LogP contribution in [0.2, 0.25) is 0 Å². The summed E-state index contributed by atoms with van der Waals surface area (Å²) < 4.78 is 1.73. The van der Waals surface area contributed by atoms with Crippen LogP contribution in [-0.2, 0) is 39.3 Å². The third-order valence-electron chi connectivity index (χ3n) is 7.94. The number of carbonyl (C=O) groups is 3. The molecule has 0 N–H and O–H groups in total. The maximum absolute atomic E-state index is 14.8. The summed E-state index contributed by atoms with van der Waals surface area (Å²) in [5, 5.41) is 0. The van der Waals surface area contributed by atoms with Crippen LogP contribution in [0.25, 0.3) is 0 Å². The van der Waals surface area contributed by atoms with Crippen molar-refractivity contribution >= 4 is 55.3 Å². The van der Waals surface area contributed by atoms with E-state index in [-0.39, 0.29) is 30.7 Å². The van der Waals surface area contributed by atoms with Gasteiger partial charge >= 0.3 is 0 Å². The fourth-order valence-electron chi connectivity index (χ4n) is 6.09. The van der Waals surface area contributed by atoms with Crippen molar-refractivity contribution in [1.29, 1.82) is 0 Å². The zero-order valence-corrected chi connectivity index (χ0v) is 24.8. The summed E-state index contributed by atoms with van der Waals surface area (Å²) in [6.45, 7) is 0.559. The Labute approximate surface area is 250 Å². The van der Waals surface area contributed by atoms with Gasteiger partial charge in [-0.15, -0.1) is 0 Å². The molecule has 2 heterocycles. The maximum Gasteiger partial charge on any atom is 0.239 e. The Bertz CT molecular complexity index is 1610. The normalized spacial score (nSPS) is 20.4. The first-order valence-electron chi connectivity index (χ1n) is 13.2. The lowest BCUT2D eigenvalue weighted by Gasteiger charge is -2.33. The van der Waals surface area contributed by atoms with Crippen LogP contribution < -0.4 is 4.90 Å². The number of benzene rings is 4. The second-order valence-corrected chi connectivity index (χ2v) is 12.2. The summed E-state index contributed by atoms with van der Waals surface area (Å²) >= 11 is 7.15. The summed E-state index contributed by atoms with van der Waals surface area (Å²) in [7, 11) is 0. The second-order valence-electron chi connectivity index (χ2n) is 10.4. The first-order chi connectivity index (χ1) is 19.4. The molecule has 2 aliphatic heterocycles. The van der Waals surface area contributed by atoms with E-state index in [9.17, 15) is 14.4 Å². The predicted molar refractivity (Wildman–Crippen MR) is 161 cm³/mol. The highest BCUT2D eigenvalue weighted by molar-refractivity contribution is 9.10. The molecule has 2 atom stereocenters. The summed E-state index contributed by atoms with van der Waals surface area (Å²) in [5.74, 6) is -1.53. The first-order valence-corrected chi connectivity index (χ1v) is 14.7. The lowest BCUT2D eigenvalue weighted by atomic mass is 9.66. The number of likely N-dealkylation sites (tertiary alicyclic amines) is 1. The lowest BCUT2D eigenvalue weighted by molar-refractivity contribution is -0.142. The van der Waals surface area contributed by atoms with E-state index in [1.807, 2.05) is 103 Å². The predicted octanol–water partition coefficient (Wildman–Crippen LogP) is 6.81. The van der Waals surface area contributed by atoms with Crippen LogP contribution in [0.4, 0.5) is 5.69 Å². The van der Waals surface area contributed by atoms with Crippen LogP contribution in [0.5, 0.6) is 0 Å². The molecule has 0 spiro atoms. The topological polar surface area (TPSA) is 57.7 Å². The molecular weight excluding hydrogens is 632 g/mol. The van der Waals surface area contributed by atoms with Gasteiger partial charge in [0.05, 0.1) is 24.4 Å². The molecular formula is C33H26Br2N2O3. The molecule has 7 heteroatoms.